The third-order valence-corrected chi connectivity index (χ3v) is 4.54. The zero-order valence-electron chi connectivity index (χ0n) is 13.0. The highest BCUT2D eigenvalue weighted by molar-refractivity contribution is 6.31. The van der Waals surface area contributed by atoms with E-state index in [1.54, 1.807) is 24.3 Å². The summed E-state index contributed by atoms with van der Waals surface area (Å²) in [5.74, 6) is 0.0616. The third-order valence-electron chi connectivity index (χ3n) is 4.30. The maximum absolute atomic E-state index is 12.3. The number of fused-ring (bicyclic) bond motifs is 1. The average molecular weight is 348 g/mol. The number of aromatic nitrogens is 1. The van der Waals surface area contributed by atoms with Gasteiger partial charge in [-0.3, -0.25) is 4.79 Å². The van der Waals surface area contributed by atoms with Crippen molar-refractivity contribution in [2.45, 2.75) is 25.3 Å². The van der Waals surface area contributed by atoms with E-state index in [-0.39, 0.29) is 17.9 Å². The Morgan fingerprint density at radius 2 is 2.08 bits per heavy atom. The van der Waals surface area contributed by atoms with Crippen LogP contribution in [0.25, 0.3) is 10.9 Å². The summed E-state index contributed by atoms with van der Waals surface area (Å²) in [6.45, 7) is 0.525. The number of carbonyl (C=O) groups excluding carboxylic acids is 1. The van der Waals surface area contributed by atoms with Crippen LogP contribution in [0.2, 0.25) is 5.02 Å². The van der Waals surface area contributed by atoms with Gasteiger partial charge in [0, 0.05) is 23.0 Å². The van der Waals surface area contributed by atoms with Crippen LogP contribution in [0.4, 0.5) is 4.79 Å². The van der Waals surface area contributed by atoms with Crippen molar-refractivity contribution in [2.24, 2.45) is 5.92 Å². The fourth-order valence-electron chi connectivity index (χ4n) is 3.12. The quantitative estimate of drug-likeness (QED) is 0.792. The lowest BCUT2D eigenvalue weighted by atomic mass is 10.1. The number of carboxylic acid groups (broad SMARTS) is 1. The highest BCUT2D eigenvalue weighted by Crippen LogP contribution is 2.25. The summed E-state index contributed by atoms with van der Waals surface area (Å²) in [6.07, 6.45) is 1.46. The lowest BCUT2D eigenvalue weighted by Gasteiger charge is -2.12. The summed E-state index contributed by atoms with van der Waals surface area (Å²) in [5.41, 5.74) is 1.08. The molecule has 3 N–H and O–H groups in total. The highest BCUT2D eigenvalue weighted by atomic mass is 35.5. The zero-order chi connectivity index (χ0) is 17.1. The standard InChI is InChI=1S/C17H18ClN3O3/c18-12-3-6-14-11(8-12)2-5-15(21-14)16(22)19-9-10-1-4-13(7-10)20-17(23)24/h2-3,5-6,8,10,13,20H,1,4,7,9H2,(H,19,22)(H,23,24). The fraction of sp³-hybridized carbons (Fsp3) is 0.353. The van der Waals surface area contributed by atoms with Crippen molar-refractivity contribution in [3.8, 4) is 0 Å². The number of rotatable bonds is 4. The summed E-state index contributed by atoms with van der Waals surface area (Å²) in [7, 11) is 0. The number of pyridine rings is 1. The lowest BCUT2D eigenvalue weighted by Crippen LogP contribution is -2.33. The second kappa shape index (κ2) is 7.05. The van der Waals surface area contributed by atoms with Crippen LogP contribution < -0.4 is 10.6 Å². The van der Waals surface area contributed by atoms with Crippen LogP contribution in [0.1, 0.15) is 29.8 Å². The molecule has 6 nitrogen and oxygen atoms in total. The van der Waals surface area contributed by atoms with E-state index in [0.717, 1.165) is 30.2 Å². The molecular weight excluding hydrogens is 330 g/mol. The molecule has 2 unspecified atom stereocenters. The molecule has 1 aromatic carbocycles. The number of nitrogens with one attached hydrogen (secondary N) is 2. The molecule has 1 aliphatic rings. The summed E-state index contributed by atoms with van der Waals surface area (Å²) in [4.78, 5) is 27.3. The largest absolute Gasteiger partial charge is 0.465 e. The molecule has 0 radical (unpaired) electrons. The van der Waals surface area contributed by atoms with Crippen LogP contribution in [0, 0.1) is 5.92 Å². The molecule has 24 heavy (non-hydrogen) atoms. The predicted molar refractivity (Wildman–Crippen MR) is 91.4 cm³/mol. The Morgan fingerprint density at radius 1 is 1.25 bits per heavy atom. The van der Waals surface area contributed by atoms with Crippen molar-refractivity contribution in [3.05, 3.63) is 41.0 Å². The Kier molecular flexibility index (Phi) is 4.85. The molecule has 0 aliphatic heterocycles. The van der Waals surface area contributed by atoms with E-state index in [9.17, 15) is 9.59 Å². The van der Waals surface area contributed by atoms with Gasteiger partial charge in [0.15, 0.2) is 0 Å². The molecule has 1 saturated carbocycles. The van der Waals surface area contributed by atoms with E-state index in [1.807, 2.05) is 6.07 Å². The second-order valence-electron chi connectivity index (χ2n) is 6.07. The molecule has 2 amide bonds. The van der Waals surface area contributed by atoms with Gasteiger partial charge in [0.25, 0.3) is 5.91 Å². The van der Waals surface area contributed by atoms with Crippen LogP contribution in [-0.2, 0) is 0 Å². The summed E-state index contributed by atoms with van der Waals surface area (Å²) >= 11 is 5.94. The van der Waals surface area contributed by atoms with E-state index in [1.165, 1.54) is 0 Å². The summed E-state index contributed by atoms with van der Waals surface area (Å²) in [5, 5.41) is 15.6. The number of halogens is 1. The van der Waals surface area contributed by atoms with Crippen molar-refractivity contribution in [3.63, 3.8) is 0 Å². The third kappa shape index (κ3) is 3.94. The van der Waals surface area contributed by atoms with Gasteiger partial charge in [-0.15, -0.1) is 0 Å². The number of nitrogens with zero attached hydrogens (tertiary/aromatic N) is 1. The van der Waals surface area contributed by atoms with E-state index >= 15 is 0 Å². The Labute approximate surface area is 144 Å². The van der Waals surface area contributed by atoms with E-state index < -0.39 is 6.09 Å². The smallest absolute Gasteiger partial charge is 0.404 e. The number of benzene rings is 1. The number of amides is 2. The molecule has 2 atom stereocenters. The van der Waals surface area contributed by atoms with Gasteiger partial charge in [-0.2, -0.15) is 0 Å². The number of carbonyl (C=O) groups is 2. The van der Waals surface area contributed by atoms with E-state index in [0.29, 0.717) is 17.3 Å². The first-order valence-corrected chi connectivity index (χ1v) is 8.23. The van der Waals surface area contributed by atoms with Gasteiger partial charge >= 0.3 is 6.09 Å². The van der Waals surface area contributed by atoms with Crippen molar-refractivity contribution >= 4 is 34.5 Å². The van der Waals surface area contributed by atoms with Gasteiger partial charge in [-0.05, 0) is 49.4 Å². The van der Waals surface area contributed by atoms with Crippen molar-refractivity contribution < 1.29 is 14.7 Å². The summed E-state index contributed by atoms with van der Waals surface area (Å²) < 4.78 is 0. The van der Waals surface area contributed by atoms with E-state index in [2.05, 4.69) is 15.6 Å². The topological polar surface area (TPSA) is 91.3 Å². The number of hydrogen-bond donors (Lipinski definition) is 3. The molecule has 1 aliphatic carbocycles. The minimum Gasteiger partial charge on any atom is -0.465 e. The fourth-order valence-corrected chi connectivity index (χ4v) is 3.30. The number of hydrogen-bond acceptors (Lipinski definition) is 3. The van der Waals surface area contributed by atoms with Crippen LogP contribution in [0.3, 0.4) is 0 Å². The molecule has 2 aromatic rings. The van der Waals surface area contributed by atoms with Gasteiger partial charge < -0.3 is 15.7 Å². The molecule has 126 valence electrons. The Hall–Kier alpha value is -2.34. The molecule has 1 heterocycles. The van der Waals surface area contributed by atoms with Crippen molar-refractivity contribution in [1.29, 1.82) is 0 Å². The molecule has 0 bridgehead atoms. The van der Waals surface area contributed by atoms with Crippen LogP contribution >= 0.6 is 11.6 Å². The van der Waals surface area contributed by atoms with Gasteiger partial charge in [-0.25, -0.2) is 9.78 Å². The Balaban J connectivity index is 1.57. The first-order chi connectivity index (χ1) is 11.5. The van der Waals surface area contributed by atoms with Crippen LogP contribution in [0.5, 0.6) is 0 Å². The first-order valence-electron chi connectivity index (χ1n) is 7.85. The molecule has 3 rings (SSSR count). The van der Waals surface area contributed by atoms with Gasteiger partial charge in [0.05, 0.1) is 5.52 Å². The Bertz CT molecular complexity index is 781. The monoisotopic (exact) mass is 347 g/mol. The first kappa shape index (κ1) is 16.5. The maximum atomic E-state index is 12.3. The minimum atomic E-state index is -0.995. The van der Waals surface area contributed by atoms with Crippen LogP contribution in [0.15, 0.2) is 30.3 Å². The molecule has 1 aromatic heterocycles. The highest BCUT2D eigenvalue weighted by Gasteiger charge is 2.26. The molecule has 7 heteroatoms. The minimum absolute atomic E-state index is 0.0204. The Morgan fingerprint density at radius 3 is 2.88 bits per heavy atom. The molecule has 0 spiro atoms. The van der Waals surface area contributed by atoms with Crippen molar-refractivity contribution in [2.75, 3.05) is 6.54 Å². The molecule has 0 saturated heterocycles. The lowest BCUT2D eigenvalue weighted by molar-refractivity contribution is 0.0942. The normalized spacial score (nSPS) is 20.0. The van der Waals surface area contributed by atoms with Crippen LogP contribution in [-0.4, -0.2) is 34.7 Å². The maximum Gasteiger partial charge on any atom is 0.404 e. The second-order valence-corrected chi connectivity index (χ2v) is 6.51. The zero-order valence-corrected chi connectivity index (χ0v) is 13.7. The SMILES string of the molecule is O=C(O)NC1CCC(CNC(=O)c2ccc3cc(Cl)ccc3n2)C1. The molecular formula is C17H18ClN3O3. The predicted octanol–water partition coefficient (Wildman–Crippen LogP) is 3.05. The van der Waals surface area contributed by atoms with E-state index in [4.69, 9.17) is 16.7 Å². The van der Waals surface area contributed by atoms with Gasteiger partial charge in [0.1, 0.15) is 5.69 Å². The summed E-state index contributed by atoms with van der Waals surface area (Å²) in [6, 6.07) is 8.82. The molecule has 1 fully saturated rings. The van der Waals surface area contributed by atoms with Crippen molar-refractivity contribution in [1.82, 2.24) is 15.6 Å². The average Bonchev–Trinajstić information content (AvgIpc) is 2.98. The van der Waals surface area contributed by atoms with Gasteiger partial charge in [-0.1, -0.05) is 17.7 Å². The van der Waals surface area contributed by atoms with Gasteiger partial charge in [0.2, 0.25) is 0 Å².